The minimum atomic E-state index is -0.249. The van der Waals surface area contributed by atoms with Crippen LogP contribution in [0.2, 0.25) is 0 Å². The summed E-state index contributed by atoms with van der Waals surface area (Å²) in [5.41, 5.74) is 4.17. The third kappa shape index (κ3) is 4.06. The van der Waals surface area contributed by atoms with E-state index in [1.165, 1.54) is 6.20 Å². The van der Waals surface area contributed by atoms with Crippen molar-refractivity contribution in [3.63, 3.8) is 0 Å². The lowest BCUT2D eigenvalue weighted by atomic mass is 9.96. The Balaban J connectivity index is 1.29. The van der Waals surface area contributed by atoms with E-state index >= 15 is 0 Å². The minimum Gasteiger partial charge on any atom is -0.355 e. The summed E-state index contributed by atoms with van der Waals surface area (Å²) in [5, 5.41) is 4.18. The number of aromatic nitrogens is 3. The highest BCUT2D eigenvalue weighted by Gasteiger charge is 2.29. The summed E-state index contributed by atoms with van der Waals surface area (Å²) < 4.78 is 7.92. The molecule has 0 bridgehead atoms. The van der Waals surface area contributed by atoms with E-state index in [1.54, 1.807) is 4.90 Å². The fraction of sp³-hybridized carbons (Fsp3) is 0.217. The molecule has 3 heterocycles. The third-order valence-corrected chi connectivity index (χ3v) is 6.11. The van der Waals surface area contributed by atoms with E-state index in [-0.39, 0.29) is 17.7 Å². The SMILES string of the molecule is O=C(Nc1cccc(-c2cc3ccccc3[nH]2)c1)[C@@H]1CCCN(C(=O)c2cnsn2)C1. The first-order valence-electron chi connectivity index (χ1n) is 10.2. The summed E-state index contributed by atoms with van der Waals surface area (Å²) in [4.78, 5) is 30.6. The van der Waals surface area contributed by atoms with Gasteiger partial charge in [0, 0.05) is 40.9 Å². The Hall–Kier alpha value is -3.52. The lowest BCUT2D eigenvalue weighted by Gasteiger charge is -2.31. The van der Waals surface area contributed by atoms with E-state index in [4.69, 9.17) is 0 Å². The normalized spacial score (nSPS) is 16.4. The molecule has 4 aromatic rings. The standard InChI is InChI=1S/C23H21N5O2S/c29-22(17-7-4-10-28(14-17)23(30)21-13-24-31-27-21)25-18-8-3-6-15(11-18)20-12-16-5-1-2-9-19(16)26-20/h1-3,5-6,8-9,11-13,17,26H,4,7,10,14H2,(H,25,29)/t17-/m1/s1. The Morgan fingerprint density at radius 1 is 1.13 bits per heavy atom. The van der Waals surface area contributed by atoms with Crippen molar-refractivity contribution in [3.05, 3.63) is 66.5 Å². The van der Waals surface area contributed by atoms with Gasteiger partial charge in [-0.25, -0.2) is 0 Å². The Labute approximate surface area is 183 Å². The molecule has 1 atom stereocenters. The van der Waals surface area contributed by atoms with Gasteiger partial charge < -0.3 is 15.2 Å². The molecule has 31 heavy (non-hydrogen) atoms. The first kappa shape index (κ1) is 19.4. The Morgan fingerprint density at radius 2 is 2.03 bits per heavy atom. The van der Waals surface area contributed by atoms with Gasteiger partial charge in [0.1, 0.15) is 0 Å². The molecule has 1 fully saturated rings. The van der Waals surface area contributed by atoms with Crippen molar-refractivity contribution < 1.29 is 9.59 Å². The molecule has 0 spiro atoms. The Bertz CT molecular complexity index is 1200. The average Bonchev–Trinajstić information content (AvgIpc) is 3.49. The quantitative estimate of drug-likeness (QED) is 0.507. The number of hydrogen-bond acceptors (Lipinski definition) is 5. The molecule has 5 rings (SSSR count). The summed E-state index contributed by atoms with van der Waals surface area (Å²) in [6.45, 7) is 1.03. The number of nitrogens with zero attached hydrogens (tertiary/aromatic N) is 3. The number of anilines is 1. The highest BCUT2D eigenvalue weighted by Crippen LogP contribution is 2.27. The maximum Gasteiger partial charge on any atom is 0.275 e. The number of H-pyrrole nitrogens is 1. The molecular formula is C23H21N5O2S. The zero-order valence-corrected chi connectivity index (χ0v) is 17.6. The van der Waals surface area contributed by atoms with Crippen molar-refractivity contribution in [3.8, 4) is 11.3 Å². The molecule has 0 saturated carbocycles. The fourth-order valence-corrected chi connectivity index (χ4v) is 4.44. The van der Waals surface area contributed by atoms with Gasteiger partial charge in [-0.3, -0.25) is 9.59 Å². The molecule has 8 heteroatoms. The van der Waals surface area contributed by atoms with Crippen LogP contribution in [0.25, 0.3) is 22.2 Å². The number of para-hydroxylation sites is 1. The van der Waals surface area contributed by atoms with Crippen LogP contribution in [0.15, 0.2) is 60.8 Å². The highest BCUT2D eigenvalue weighted by molar-refractivity contribution is 6.99. The summed E-state index contributed by atoms with van der Waals surface area (Å²) >= 11 is 1.01. The number of piperidine rings is 1. The molecule has 1 aliphatic heterocycles. The zero-order chi connectivity index (χ0) is 21.2. The van der Waals surface area contributed by atoms with Gasteiger partial charge in [-0.05, 0) is 37.1 Å². The number of benzene rings is 2. The molecular weight excluding hydrogens is 410 g/mol. The number of fused-ring (bicyclic) bond motifs is 1. The van der Waals surface area contributed by atoms with Crippen LogP contribution in [0, 0.1) is 5.92 Å². The number of nitrogens with one attached hydrogen (secondary N) is 2. The van der Waals surface area contributed by atoms with Crippen LogP contribution in [0.4, 0.5) is 5.69 Å². The van der Waals surface area contributed by atoms with E-state index in [2.05, 4.69) is 31.2 Å². The first-order chi connectivity index (χ1) is 15.2. The van der Waals surface area contributed by atoms with Crippen molar-refractivity contribution in [2.45, 2.75) is 12.8 Å². The predicted octanol–water partition coefficient (Wildman–Crippen LogP) is 4.18. The van der Waals surface area contributed by atoms with Crippen molar-refractivity contribution in [1.82, 2.24) is 18.6 Å². The van der Waals surface area contributed by atoms with E-state index in [1.807, 2.05) is 42.5 Å². The predicted molar refractivity (Wildman–Crippen MR) is 121 cm³/mol. The van der Waals surface area contributed by atoms with Gasteiger partial charge in [-0.1, -0.05) is 30.3 Å². The second kappa shape index (κ2) is 8.31. The topological polar surface area (TPSA) is 91.0 Å². The highest BCUT2D eigenvalue weighted by atomic mass is 32.1. The van der Waals surface area contributed by atoms with Gasteiger partial charge >= 0.3 is 0 Å². The average molecular weight is 432 g/mol. The molecule has 1 aliphatic rings. The monoisotopic (exact) mass is 431 g/mol. The fourth-order valence-electron chi connectivity index (χ4n) is 4.03. The van der Waals surface area contributed by atoms with Gasteiger partial charge in [-0.15, -0.1) is 0 Å². The maximum absolute atomic E-state index is 12.9. The Kier molecular flexibility index (Phi) is 5.21. The van der Waals surface area contributed by atoms with Gasteiger partial charge in [0.25, 0.3) is 5.91 Å². The molecule has 2 N–H and O–H groups in total. The van der Waals surface area contributed by atoms with Gasteiger partial charge in [0.05, 0.1) is 23.8 Å². The summed E-state index contributed by atoms with van der Waals surface area (Å²) in [5.74, 6) is -0.476. The second-order valence-electron chi connectivity index (χ2n) is 7.72. The number of hydrogen-bond donors (Lipinski definition) is 2. The van der Waals surface area contributed by atoms with Crippen molar-refractivity contribution in [2.75, 3.05) is 18.4 Å². The number of aromatic amines is 1. The molecule has 1 saturated heterocycles. The molecule has 0 unspecified atom stereocenters. The smallest absolute Gasteiger partial charge is 0.275 e. The minimum absolute atomic E-state index is 0.0669. The molecule has 156 valence electrons. The molecule has 2 amide bonds. The lowest BCUT2D eigenvalue weighted by molar-refractivity contribution is -0.121. The Morgan fingerprint density at radius 3 is 2.87 bits per heavy atom. The van der Waals surface area contributed by atoms with Crippen LogP contribution in [-0.4, -0.2) is 43.5 Å². The van der Waals surface area contributed by atoms with Crippen LogP contribution < -0.4 is 5.32 Å². The number of carbonyl (C=O) groups is 2. The summed E-state index contributed by atoms with van der Waals surface area (Å²) in [7, 11) is 0. The van der Waals surface area contributed by atoms with E-state index < -0.39 is 0 Å². The third-order valence-electron chi connectivity index (χ3n) is 5.63. The van der Waals surface area contributed by atoms with Crippen LogP contribution in [-0.2, 0) is 4.79 Å². The molecule has 0 aliphatic carbocycles. The van der Waals surface area contributed by atoms with Crippen LogP contribution in [0.3, 0.4) is 0 Å². The van der Waals surface area contributed by atoms with E-state index in [9.17, 15) is 9.59 Å². The number of likely N-dealkylation sites (tertiary alicyclic amines) is 1. The van der Waals surface area contributed by atoms with E-state index in [0.29, 0.717) is 18.8 Å². The molecule has 2 aromatic heterocycles. The van der Waals surface area contributed by atoms with Crippen molar-refractivity contribution >= 4 is 40.1 Å². The molecule has 2 aromatic carbocycles. The number of carbonyl (C=O) groups excluding carboxylic acids is 2. The summed E-state index contributed by atoms with van der Waals surface area (Å²) in [6.07, 6.45) is 3.02. The zero-order valence-electron chi connectivity index (χ0n) is 16.7. The first-order valence-corrected chi connectivity index (χ1v) is 11.0. The van der Waals surface area contributed by atoms with Crippen LogP contribution >= 0.6 is 11.7 Å². The second-order valence-corrected chi connectivity index (χ2v) is 8.28. The van der Waals surface area contributed by atoms with Gasteiger partial charge in [0.2, 0.25) is 5.91 Å². The van der Waals surface area contributed by atoms with Crippen molar-refractivity contribution in [2.24, 2.45) is 5.92 Å². The number of amides is 2. The largest absolute Gasteiger partial charge is 0.355 e. The summed E-state index contributed by atoms with van der Waals surface area (Å²) in [6, 6.07) is 18.0. The van der Waals surface area contributed by atoms with Gasteiger partial charge in [-0.2, -0.15) is 8.75 Å². The van der Waals surface area contributed by atoms with E-state index in [0.717, 1.165) is 52.4 Å². The van der Waals surface area contributed by atoms with Gasteiger partial charge in [0.15, 0.2) is 5.69 Å². The maximum atomic E-state index is 12.9. The van der Waals surface area contributed by atoms with Crippen molar-refractivity contribution in [1.29, 1.82) is 0 Å². The number of rotatable bonds is 4. The van der Waals surface area contributed by atoms with Crippen LogP contribution in [0.1, 0.15) is 23.3 Å². The van der Waals surface area contributed by atoms with Crippen LogP contribution in [0.5, 0.6) is 0 Å². The molecule has 0 radical (unpaired) electrons. The molecule has 7 nitrogen and oxygen atoms in total. The lowest BCUT2D eigenvalue weighted by Crippen LogP contribution is -2.43.